The van der Waals surface area contributed by atoms with Crippen molar-refractivity contribution in [2.24, 2.45) is 0 Å². The summed E-state index contributed by atoms with van der Waals surface area (Å²) in [5.74, 6) is 3.46. The predicted molar refractivity (Wildman–Crippen MR) is 168 cm³/mol. The maximum atomic E-state index is 5.84. The second-order valence-corrected chi connectivity index (χ2v) is 10.9. The quantitative estimate of drug-likeness (QED) is 0.269. The second kappa shape index (κ2) is 12.6. The molecule has 0 bridgehead atoms. The molecule has 7 rings (SSSR count). The molecule has 2 aliphatic rings. The van der Waals surface area contributed by atoms with Crippen molar-refractivity contribution in [1.82, 2.24) is 29.9 Å². The normalized spacial score (nSPS) is 16.3. The smallest absolute Gasteiger partial charge is 0.234 e. The molecule has 0 aliphatic carbocycles. The minimum Gasteiger partial charge on any atom is -0.472 e. The van der Waals surface area contributed by atoms with Crippen LogP contribution in [-0.2, 0) is 24.3 Å². The Morgan fingerprint density at radius 3 is 2.59 bits per heavy atom. The van der Waals surface area contributed by atoms with E-state index in [9.17, 15) is 0 Å². The summed E-state index contributed by atoms with van der Waals surface area (Å²) in [4.78, 5) is 32.6. The van der Waals surface area contributed by atoms with Gasteiger partial charge in [0.1, 0.15) is 12.4 Å². The van der Waals surface area contributed by atoms with Crippen molar-refractivity contribution in [3.8, 4) is 17.3 Å². The molecular formula is C33H33N9O2. The summed E-state index contributed by atoms with van der Waals surface area (Å²) >= 11 is 0. The number of nitrogens with one attached hydrogen (secondary N) is 1. The van der Waals surface area contributed by atoms with Crippen LogP contribution >= 0.6 is 0 Å². The molecular weight excluding hydrogens is 554 g/mol. The number of benzene rings is 2. The monoisotopic (exact) mass is 587 g/mol. The highest BCUT2D eigenvalue weighted by molar-refractivity contribution is 5.66. The molecule has 0 amide bonds. The first-order valence-corrected chi connectivity index (χ1v) is 14.8. The summed E-state index contributed by atoms with van der Waals surface area (Å²) in [6, 6.07) is 20.1. The molecule has 2 aromatic carbocycles. The first-order valence-electron chi connectivity index (χ1n) is 14.8. The number of morpholine rings is 1. The van der Waals surface area contributed by atoms with Gasteiger partial charge in [0, 0.05) is 42.3 Å². The van der Waals surface area contributed by atoms with Gasteiger partial charge in [-0.3, -0.25) is 4.98 Å². The SMILES string of the molecule is C[C@H]1COCCN1c1nc(-c2ccc(Nc3cncc(OCc4ccccc4)n3)cc2)nc2c1CCN(c1ncccn1)C2. The molecule has 1 N–H and O–H groups in total. The van der Waals surface area contributed by atoms with Crippen molar-refractivity contribution in [2.45, 2.75) is 32.5 Å². The molecule has 1 fully saturated rings. The molecule has 0 saturated carbocycles. The van der Waals surface area contributed by atoms with Crippen LogP contribution in [0.4, 0.5) is 23.3 Å². The lowest BCUT2D eigenvalue weighted by Crippen LogP contribution is -2.45. The van der Waals surface area contributed by atoms with Crippen LogP contribution in [0.5, 0.6) is 5.88 Å². The van der Waals surface area contributed by atoms with Gasteiger partial charge in [-0.2, -0.15) is 4.98 Å². The molecule has 0 radical (unpaired) electrons. The number of aromatic nitrogens is 6. The number of ether oxygens (including phenoxy) is 2. The molecule has 0 unspecified atom stereocenters. The lowest BCUT2D eigenvalue weighted by atomic mass is 10.0. The highest BCUT2D eigenvalue weighted by Gasteiger charge is 2.29. The third-order valence-electron chi connectivity index (χ3n) is 7.78. The van der Waals surface area contributed by atoms with E-state index in [0.29, 0.717) is 49.8 Å². The van der Waals surface area contributed by atoms with Gasteiger partial charge in [0.2, 0.25) is 11.8 Å². The van der Waals surface area contributed by atoms with Crippen LogP contribution in [0.15, 0.2) is 85.5 Å². The Labute approximate surface area is 256 Å². The summed E-state index contributed by atoms with van der Waals surface area (Å²) in [6.07, 6.45) is 7.67. The van der Waals surface area contributed by atoms with Crippen LogP contribution < -0.4 is 19.9 Å². The van der Waals surface area contributed by atoms with E-state index in [2.05, 4.69) is 42.0 Å². The molecule has 44 heavy (non-hydrogen) atoms. The topological polar surface area (TPSA) is 114 Å². The average Bonchev–Trinajstić information content (AvgIpc) is 3.08. The fraction of sp³-hybridized carbons (Fsp3) is 0.273. The van der Waals surface area contributed by atoms with Gasteiger partial charge in [0.25, 0.3) is 0 Å². The standard InChI is InChI=1S/C33H33N9O2/c1-23-21-43-17-16-42(23)32-27-12-15-41(33-35-13-5-14-36-33)20-28(27)38-31(40-32)25-8-10-26(11-9-25)37-29-18-34-19-30(39-29)44-22-24-6-3-2-4-7-24/h2-11,13-14,18-19,23H,12,15-17,20-22H2,1H3,(H,37,39)/t23-/m0/s1. The van der Waals surface area contributed by atoms with Crippen LogP contribution in [-0.4, -0.2) is 62.2 Å². The minimum atomic E-state index is 0.228. The first-order chi connectivity index (χ1) is 21.7. The van der Waals surface area contributed by atoms with Crippen molar-refractivity contribution < 1.29 is 9.47 Å². The summed E-state index contributed by atoms with van der Waals surface area (Å²) in [7, 11) is 0. The molecule has 3 aromatic heterocycles. The van der Waals surface area contributed by atoms with E-state index in [0.717, 1.165) is 47.8 Å². The highest BCUT2D eigenvalue weighted by atomic mass is 16.5. The fourth-order valence-electron chi connectivity index (χ4n) is 5.50. The Morgan fingerprint density at radius 2 is 1.77 bits per heavy atom. The molecule has 222 valence electrons. The van der Waals surface area contributed by atoms with Crippen molar-refractivity contribution in [2.75, 3.05) is 41.4 Å². The maximum Gasteiger partial charge on any atom is 0.234 e. The van der Waals surface area contributed by atoms with E-state index in [1.807, 2.05) is 60.7 Å². The largest absolute Gasteiger partial charge is 0.472 e. The Morgan fingerprint density at radius 1 is 0.932 bits per heavy atom. The van der Waals surface area contributed by atoms with E-state index in [4.69, 9.17) is 19.4 Å². The van der Waals surface area contributed by atoms with E-state index >= 15 is 0 Å². The number of fused-ring (bicyclic) bond motifs is 1. The molecule has 0 spiro atoms. The molecule has 2 aliphatic heterocycles. The molecule has 1 atom stereocenters. The van der Waals surface area contributed by atoms with Gasteiger partial charge in [-0.05, 0) is 49.2 Å². The maximum absolute atomic E-state index is 5.84. The summed E-state index contributed by atoms with van der Waals surface area (Å²) < 4.78 is 11.6. The number of hydrogen-bond donors (Lipinski definition) is 1. The summed E-state index contributed by atoms with van der Waals surface area (Å²) in [6.45, 7) is 6.22. The third kappa shape index (κ3) is 6.13. The Hall–Kier alpha value is -5.16. The molecule has 11 nitrogen and oxygen atoms in total. The second-order valence-electron chi connectivity index (χ2n) is 10.9. The van der Waals surface area contributed by atoms with E-state index in [1.165, 1.54) is 5.56 Å². The number of anilines is 4. The van der Waals surface area contributed by atoms with Gasteiger partial charge in [0.15, 0.2) is 11.6 Å². The Kier molecular flexibility index (Phi) is 7.92. The van der Waals surface area contributed by atoms with Crippen LogP contribution in [0.2, 0.25) is 0 Å². The lowest BCUT2D eigenvalue weighted by Gasteiger charge is -2.37. The molecule has 5 heterocycles. The fourth-order valence-corrected chi connectivity index (χ4v) is 5.50. The first kappa shape index (κ1) is 27.7. The van der Waals surface area contributed by atoms with Gasteiger partial charge in [0.05, 0.1) is 43.9 Å². The van der Waals surface area contributed by atoms with Crippen LogP contribution in [0.25, 0.3) is 11.4 Å². The van der Waals surface area contributed by atoms with Crippen LogP contribution in [0.3, 0.4) is 0 Å². The summed E-state index contributed by atoms with van der Waals surface area (Å²) in [5, 5.41) is 3.33. The van der Waals surface area contributed by atoms with Gasteiger partial charge >= 0.3 is 0 Å². The predicted octanol–water partition coefficient (Wildman–Crippen LogP) is 4.83. The third-order valence-corrected chi connectivity index (χ3v) is 7.78. The van der Waals surface area contributed by atoms with Gasteiger partial charge in [-0.1, -0.05) is 30.3 Å². The van der Waals surface area contributed by atoms with E-state index in [1.54, 1.807) is 24.8 Å². The van der Waals surface area contributed by atoms with Crippen molar-refractivity contribution >= 4 is 23.3 Å². The lowest BCUT2D eigenvalue weighted by molar-refractivity contribution is 0.0984. The van der Waals surface area contributed by atoms with E-state index in [-0.39, 0.29) is 6.04 Å². The minimum absolute atomic E-state index is 0.228. The highest BCUT2D eigenvalue weighted by Crippen LogP contribution is 2.32. The summed E-state index contributed by atoms with van der Waals surface area (Å²) in [5.41, 5.74) is 5.07. The van der Waals surface area contributed by atoms with Gasteiger partial charge < -0.3 is 24.6 Å². The molecule has 11 heteroatoms. The van der Waals surface area contributed by atoms with Gasteiger partial charge in [-0.25, -0.2) is 19.9 Å². The zero-order valence-corrected chi connectivity index (χ0v) is 24.5. The average molecular weight is 588 g/mol. The van der Waals surface area contributed by atoms with Gasteiger partial charge in [-0.15, -0.1) is 0 Å². The van der Waals surface area contributed by atoms with E-state index < -0.39 is 0 Å². The Balaban J connectivity index is 1.13. The van der Waals surface area contributed by atoms with Crippen molar-refractivity contribution in [3.63, 3.8) is 0 Å². The number of nitrogens with zero attached hydrogens (tertiary/aromatic N) is 8. The van der Waals surface area contributed by atoms with Crippen molar-refractivity contribution in [1.29, 1.82) is 0 Å². The number of rotatable bonds is 8. The zero-order valence-electron chi connectivity index (χ0n) is 24.5. The number of hydrogen-bond acceptors (Lipinski definition) is 11. The zero-order chi connectivity index (χ0) is 29.7. The van der Waals surface area contributed by atoms with Crippen LogP contribution in [0, 0.1) is 0 Å². The van der Waals surface area contributed by atoms with Crippen molar-refractivity contribution in [3.05, 3.63) is 102 Å². The van der Waals surface area contributed by atoms with Crippen LogP contribution in [0.1, 0.15) is 23.7 Å². The molecule has 1 saturated heterocycles. The molecule has 5 aromatic rings. The Bertz CT molecular complexity index is 1700.